The lowest BCUT2D eigenvalue weighted by Gasteiger charge is -2.38. The molecule has 1 aliphatic heterocycles. The van der Waals surface area contributed by atoms with Gasteiger partial charge in [-0.05, 0) is 39.3 Å². The Kier molecular flexibility index (Phi) is 4.48. The number of hydrogen-bond acceptors (Lipinski definition) is 3. The molecule has 5 nitrogen and oxygen atoms in total. The maximum atomic E-state index is 11.6. The third-order valence-electron chi connectivity index (χ3n) is 4.50. The van der Waals surface area contributed by atoms with Crippen molar-refractivity contribution >= 4 is 5.97 Å². The van der Waals surface area contributed by atoms with Gasteiger partial charge in [0.2, 0.25) is 0 Å². The normalized spacial score (nSPS) is 19.1. The molecule has 2 heterocycles. The number of carboxylic acids is 1. The molecule has 0 unspecified atom stereocenters. The number of aryl methyl sites for hydroxylation is 2. The van der Waals surface area contributed by atoms with Gasteiger partial charge >= 0.3 is 5.97 Å². The predicted molar refractivity (Wildman–Crippen MR) is 77.4 cm³/mol. The Morgan fingerprint density at radius 1 is 1.45 bits per heavy atom. The van der Waals surface area contributed by atoms with Crippen molar-refractivity contribution in [2.75, 3.05) is 13.1 Å². The van der Waals surface area contributed by atoms with Gasteiger partial charge in [-0.1, -0.05) is 13.3 Å². The fraction of sp³-hybridized carbons (Fsp3) is 0.733. The van der Waals surface area contributed by atoms with Crippen molar-refractivity contribution in [2.24, 2.45) is 12.5 Å². The molecule has 1 aliphatic rings. The number of carboxylic acid groups (broad SMARTS) is 1. The first-order chi connectivity index (χ1) is 9.47. The van der Waals surface area contributed by atoms with Gasteiger partial charge in [-0.2, -0.15) is 5.10 Å². The van der Waals surface area contributed by atoms with Crippen LogP contribution in [0.1, 0.15) is 43.9 Å². The minimum Gasteiger partial charge on any atom is -0.481 e. The van der Waals surface area contributed by atoms with Crippen molar-refractivity contribution < 1.29 is 9.90 Å². The molecule has 2 rings (SSSR count). The first kappa shape index (κ1) is 15.0. The molecule has 1 aromatic rings. The van der Waals surface area contributed by atoms with Crippen LogP contribution in [0.15, 0.2) is 6.20 Å². The molecule has 112 valence electrons. The Labute approximate surface area is 120 Å². The van der Waals surface area contributed by atoms with Crippen LogP contribution in [0.25, 0.3) is 0 Å². The van der Waals surface area contributed by atoms with Gasteiger partial charge in [-0.15, -0.1) is 0 Å². The van der Waals surface area contributed by atoms with Crippen LogP contribution in [-0.4, -0.2) is 38.8 Å². The standard InChI is InChI=1S/C15H25N3O2/c1-4-5-15(14(19)20)6-8-18(9-7-15)11-13-10-17(3)16-12(13)2/h10H,4-9,11H2,1-3H3,(H,19,20). The highest BCUT2D eigenvalue weighted by molar-refractivity contribution is 5.74. The van der Waals surface area contributed by atoms with Crippen molar-refractivity contribution in [1.29, 1.82) is 0 Å². The third kappa shape index (κ3) is 3.03. The number of aliphatic carboxylic acids is 1. The van der Waals surface area contributed by atoms with E-state index in [-0.39, 0.29) is 0 Å². The summed E-state index contributed by atoms with van der Waals surface area (Å²) in [6.45, 7) is 6.69. The number of nitrogens with zero attached hydrogens (tertiary/aromatic N) is 3. The largest absolute Gasteiger partial charge is 0.481 e. The lowest BCUT2D eigenvalue weighted by Crippen LogP contribution is -2.44. The average Bonchev–Trinajstić information content (AvgIpc) is 2.70. The molecule has 0 spiro atoms. The lowest BCUT2D eigenvalue weighted by molar-refractivity contribution is -0.152. The summed E-state index contributed by atoms with van der Waals surface area (Å²) in [6.07, 6.45) is 5.31. The van der Waals surface area contributed by atoms with Crippen LogP contribution >= 0.6 is 0 Å². The van der Waals surface area contributed by atoms with Crippen molar-refractivity contribution in [3.63, 3.8) is 0 Å². The van der Waals surface area contributed by atoms with E-state index in [1.54, 1.807) is 0 Å². The highest BCUT2D eigenvalue weighted by Crippen LogP contribution is 2.36. The molecule has 1 saturated heterocycles. The van der Waals surface area contributed by atoms with Gasteiger partial charge in [0.05, 0.1) is 11.1 Å². The highest BCUT2D eigenvalue weighted by atomic mass is 16.4. The fourth-order valence-electron chi connectivity index (χ4n) is 3.23. The van der Waals surface area contributed by atoms with Gasteiger partial charge in [0, 0.05) is 25.4 Å². The summed E-state index contributed by atoms with van der Waals surface area (Å²) < 4.78 is 1.84. The highest BCUT2D eigenvalue weighted by Gasteiger charge is 2.40. The zero-order chi connectivity index (χ0) is 14.8. The van der Waals surface area contributed by atoms with Crippen LogP contribution in [-0.2, 0) is 18.4 Å². The lowest BCUT2D eigenvalue weighted by atomic mass is 9.75. The smallest absolute Gasteiger partial charge is 0.309 e. The molecular weight excluding hydrogens is 254 g/mol. The Morgan fingerprint density at radius 2 is 2.10 bits per heavy atom. The zero-order valence-corrected chi connectivity index (χ0v) is 12.7. The van der Waals surface area contributed by atoms with Gasteiger partial charge in [-0.25, -0.2) is 0 Å². The van der Waals surface area contributed by atoms with Crippen LogP contribution in [0, 0.1) is 12.3 Å². The second-order valence-corrected chi connectivity index (χ2v) is 6.03. The Balaban J connectivity index is 1.97. The third-order valence-corrected chi connectivity index (χ3v) is 4.50. The SMILES string of the molecule is CCCC1(C(=O)O)CCN(Cc2cn(C)nc2C)CC1. The minimum absolute atomic E-state index is 0.491. The summed E-state index contributed by atoms with van der Waals surface area (Å²) in [5, 5.41) is 13.9. The molecule has 1 fully saturated rings. The van der Waals surface area contributed by atoms with Crippen LogP contribution in [0.4, 0.5) is 0 Å². The molecular formula is C15H25N3O2. The first-order valence-corrected chi connectivity index (χ1v) is 7.42. The molecule has 1 N–H and O–H groups in total. The van der Waals surface area contributed by atoms with Gasteiger partial charge < -0.3 is 5.11 Å². The monoisotopic (exact) mass is 279 g/mol. The maximum Gasteiger partial charge on any atom is 0.309 e. The van der Waals surface area contributed by atoms with Crippen LogP contribution in [0.5, 0.6) is 0 Å². The first-order valence-electron chi connectivity index (χ1n) is 7.42. The van der Waals surface area contributed by atoms with Crippen molar-refractivity contribution in [2.45, 2.75) is 46.1 Å². The number of rotatable bonds is 5. The molecule has 0 radical (unpaired) electrons. The van der Waals surface area contributed by atoms with Crippen molar-refractivity contribution in [3.05, 3.63) is 17.5 Å². The van der Waals surface area contributed by atoms with E-state index < -0.39 is 11.4 Å². The van der Waals surface area contributed by atoms with Gasteiger partial charge in [0.25, 0.3) is 0 Å². The summed E-state index contributed by atoms with van der Waals surface area (Å²) in [5.74, 6) is -0.614. The van der Waals surface area contributed by atoms with Gasteiger partial charge in [0.15, 0.2) is 0 Å². The summed E-state index contributed by atoms with van der Waals surface area (Å²) in [6, 6.07) is 0. The number of aromatic nitrogens is 2. The quantitative estimate of drug-likeness (QED) is 0.897. The summed E-state index contributed by atoms with van der Waals surface area (Å²) >= 11 is 0. The maximum absolute atomic E-state index is 11.6. The van der Waals surface area contributed by atoms with E-state index in [2.05, 4.69) is 23.1 Å². The average molecular weight is 279 g/mol. The van der Waals surface area contributed by atoms with E-state index >= 15 is 0 Å². The minimum atomic E-state index is -0.614. The molecule has 0 bridgehead atoms. The number of likely N-dealkylation sites (tertiary alicyclic amines) is 1. The molecule has 0 aromatic carbocycles. The van der Waals surface area contributed by atoms with E-state index in [1.807, 2.05) is 18.7 Å². The van der Waals surface area contributed by atoms with E-state index in [0.29, 0.717) is 0 Å². The van der Waals surface area contributed by atoms with E-state index in [9.17, 15) is 9.90 Å². The van der Waals surface area contributed by atoms with Crippen LogP contribution in [0.3, 0.4) is 0 Å². The molecule has 0 amide bonds. The number of carbonyl (C=O) groups is 1. The summed E-state index contributed by atoms with van der Waals surface area (Å²) in [7, 11) is 1.93. The number of piperidine rings is 1. The van der Waals surface area contributed by atoms with Crippen LogP contribution < -0.4 is 0 Å². The molecule has 0 aliphatic carbocycles. The molecule has 1 aromatic heterocycles. The second-order valence-electron chi connectivity index (χ2n) is 6.03. The second kappa shape index (κ2) is 5.95. The van der Waals surface area contributed by atoms with E-state index in [4.69, 9.17) is 0 Å². The zero-order valence-electron chi connectivity index (χ0n) is 12.7. The Bertz CT molecular complexity index is 473. The van der Waals surface area contributed by atoms with Crippen LogP contribution in [0.2, 0.25) is 0 Å². The molecule has 20 heavy (non-hydrogen) atoms. The van der Waals surface area contributed by atoms with Crippen molar-refractivity contribution in [3.8, 4) is 0 Å². The predicted octanol–water partition coefficient (Wildman–Crippen LogP) is 2.20. The van der Waals surface area contributed by atoms with Gasteiger partial charge in [-0.3, -0.25) is 14.4 Å². The van der Waals surface area contributed by atoms with E-state index in [0.717, 1.165) is 51.0 Å². The van der Waals surface area contributed by atoms with Crippen molar-refractivity contribution in [1.82, 2.24) is 14.7 Å². The fourth-order valence-corrected chi connectivity index (χ4v) is 3.23. The molecule has 5 heteroatoms. The summed E-state index contributed by atoms with van der Waals surface area (Å²) in [5.41, 5.74) is 1.82. The van der Waals surface area contributed by atoms with Gasteiger partial charge in [0.1, 0.15) is 0 Å². The Morgan fingerprint density at radius 3 is 2.55 bits per heavy atom. The summed E-state index contributed by atoms with van der Waals surface area (Å²) in [4.78, 5) is 13.9. The number of hydrogen-bond donors (Lipinski definition) is 1. The van der Waals surface area contributed by atoms with E-state index in [1.165, 1.54) is 5.56 Å². The molecule has 0 saturated carbocycles. The topological polar surface area (TPSA) is 58.4 Å². The Hall–Kier alpha value is -1.36. The molecule has 0 atom stereocenters.